The van der Waals surface area contributed by atoms with Crippen molar-refractivity contribution in [1.29, 1.82) is 0 Å². The van der Waals surface area contributed by atoms with Crippen LogP contribution in [0.25, 0.3) is 0 Å². The summed E-state index contributed by atoms with van der Waals surface area (Å²) in [5, 5.41) is 0. The van der Waals surface area contributed by atoms with Gasteiger partial charge in [0, 0.05) is 18.8 Å². The standard InChI is InChI=1S/C22H27FN2O6/c1-6-25(11-15-8-9-17(29-5)16(23)10-15)18(26)12-31-22(28)20-13(3)19(14(4)24-20)21(27)30-7-2/h8-10,24H,6-7,11-12H2,1-5H3. The summed E-state index contributed by atoms with van der Waals surface area (Å²) in [7, 11) is 1.37. The maximum atomic E-state index is 13.9. The van der Waals surface area contributed by atoms with Gasteiger partial charge in [-0.2, -0.15) is 0 Å². The minimum atomic E-state index is -0.754. The molecular formula is C22H27FN2O6. The minimum absolute atomic E-state index is 0.0913. The molecule has 0 aliphatic carbocycles. The van der Waals surface area contributed by atoms with E-state index >= 15 is 0 Å². The van der Waals surface area contributed by atoms with Crippen LogP contribution in [0.4, 0.5) is 4.39 Å². The van der Waals surface area contributed by atoms with Gasteiger partial charge in [-0.1, -0.05) is 6.07 Å². The molecule has 0 unspecified atom stereocenters. The second kappa shape index (κ2) is 10.6. The van der Waals surface area contributed by atoms with E-state index in [9.17, 15) is 18.8 Å². The van der Waals surface area contributed by atoms with Gasteiger partial charge in [0.05, 0.1) is 19.3 Å². The number of aryl methyl sites for hydroxylation is 1. The average molecular weight is 434 g/mol. The van der Waals surface area contributed by atoms with E-state index in [1.165, 1.54) is 24.1 Å². The Morgan fingerprint density at radius 3 is 2.39 bits per heavy atom. The minimum Gasteiger partial charge on any atom is -0.494 e. The first kappa shape index (κ1) is 23.9. The number of halogens is 1. The van der Waals surface area contributed by atoms with Gasteiger partial charge in [-0.15, -0.1) is 0 Å². The Morgan fingerprint density at radius 1 is 1.10 bits per heavy atom. The number of hydrogen-bond acceptors (Lipinski definition) is 6. The molecular weight excluding hydrogens is 407 g/mol. The number of hydrogen-bond donors (Lipinski definition) is 1. The van der Waals surface area contributed by atoms with Gasteiger partial charge in [0.2, 0.25) is 0 Å². The van der Waals surface area contributed by atoms with Crippen LogP contribution < -0.4 is 4.74 Å². The monoisotopic (exact) mass is 434 g/mol. The summed E-state index contributed by atoms with van der Waals surface area (Å²) < 4.78 is 28.9. The predicted octanol–water partition coefficient (Wildman–Crippen LogP) is 3.16. The second-order valence-electron chi connectivity index (χ2n) is 6.80. The van der Waals surface area contributed by atoms with Crippen LogP contribution >= 0.6 is 0 Å². The van der Waals surface area contributed by atoms with Crippen molar-refractivity contribution in [2.75, 3.05) is 26.9 Å². The number of rotatable bonds is 9. The summed E-state index contributed by atoms with van der Waals surface area (Å²) in [6.07, 6.45) is 0. The third kappa shape index (κ3) is 5.62. The molecule has 1 N–H and O–H groups in total. The highest BCUT2D eigenvalue weighted by atomic mass is 19.1. The lowest BCUT2D eigenvalue weighted by molar-refractivity contribution is -0.135. The van der Waals surface area contributed by atoms with E-state index < -0.39 is 30.3 Å². The smallest absolute Gasteiger partial charge is 0.355 e. The molecule has 168 valence electrons. The lowest BCUT2D eigenvalue weighted by atomic mass is 10.1. The number of nitrogens with one attached hydrogen (secondary N) is 1. The van der Waals surface area contributed by atoms with Crippen molar-refractivity contribution in [2.24, 2.45) is 0 Å². The molecule has 0 atom stereocenters. The molecule has 31 heavy (non-hydrogen) atoms. The Kier molecular flexibility index (Phi) is 8.18. The fraction of sp³-hybridized carbons (Fsp3) is 0.409. The predicted molar refractivity (Wildman–Crippen MR) is 111 cm³/mol. The third-order valence-corrected chi connectivity index (χ3v) is 4.77. The number of amides is 1. The van der Waals surface area contributed by atoms with Crippen LogP contribution in [0.15, 0.2) is 18.2 Å². The van der Waals surface area contributed by atoms with Crippen LogP contribution in [0, 0.1) is 19.7 Å². The first-order chi connectivity index (χ1) is 14.7. The SMILES string of the molecule is CCOC(=O)c1c(C)[nH]c(C(=O)OCC(=O)N(CC)Cc2ccc(OC)c(F)c2)c1C. The van der Waals surface area contributed by atoms with Crippen LogP contribution in [0.3, 0.4) is 0 Å². The van der Waals surface area contributed by atoms with E-state index in [0.717, 1.165) is 0 Å². The van der Waals surface area contributed by atoms with Gasteiger partial charge in [-0.25, -0.2) is 14.0 Å². The van der Waals surface area contributed by atoms with Crippen molar-refractivity contribution in [1.82, 2.24) is 9.88 Å². The molecule has 9 heteroatoms. The van der Waals surface area contributed by atoms with Gasteiger partial charge < -0.3 is 24.1 Å². The topological polar surface area (TPSA) is 97.9 Å². The Bertz CT molecular complexity index is 969. The second-order valence-corrected chi connectivity index (χ2v) is 6.80. The lowest BCUT2D eigenvalue weighted by Crippen LogP contribution is -2.34. The molecule has 0 saturated carbocycles. The third-order valence-electron chi connectivity index (χ3n) is 4.77. The van der Waals surface area contributed by atoms with Crippen LogP contribution in [0.2, 0.25) is 0 Å². The average Bonchev–Trinajstić information content (AvgIpc) is 3.04. The van der Waals surface area contributed by atoms with Crippen LogP contribution in [0.5, 0.6) is 5.75 Å². The number of aromatic amines is 1. The molecule has 0 radical (unpaired) electrons. The van der Waals surface area contributed by atoms with Crippen molar-refractivity contribution in [3.63, 3.8) is 0 Å². The summed E-state index contributed by atoms with van der Waals surface area (Å²) in [6.45, 7) is 6.93. The zero-order valence-corrected chi connectivity index (χ0v) is 18.3. The molecule has 1 aromatic heterocycles. The van der Waals surface area contributed by atoms with E-state index in [1.807, 2.05) is 0 Å². The number of carbonyl (C=O) groups excluding carboxylic acids is 3. The van der Waals surface area contributed by atoms with Gasteiger partial charge in [-0.05, 0) is 51.0 Å². The lowest BCUT2D eigenvalue weighted by Gasteiger charge is -2.21. The number of methoxy groups -OCH3 is 1. The van der Waals surface area contributed by atoms with E-state index in [-0.39, 0.29) is 30.2 Å². The van der Waals surface area contributed by atoms with Crippen molar-refractivity contribution >= 4 is 17.8 Å². The summed E-state index contributed by atoms with van der Waals surface area (Å²) in [5.74, 6) is -2.13. The molecule has 2 aromatic rings. The maximum absolute atomic E-state index is 13.9. The number of benzene rings is 1. The van der Waals surface area contributed by atoms with Crippen molar-refractivity contribution in [3.8, 4) is 5.75 Å². The van der Waals surface area contributed by atoms with E-state index in [2.05, 4.69) is 4.98 Å². The first-order valence-electron chi connectivity index (χ1n) is 9.86. The van der Waals surface area contributed by atoms with Gasteiger partial charge >= 0.3 is 11.9 Å². The fourth-order valence-corrected chi connectivity index (χ4v) is 3.16. The van der Waals surface area contributed by atoms with Crippen LogP contribution in [-0.4, -0.2) is 54.6 Å². The molecule has 8 nitrogen and oxygen atoms in total. The molecule has 0 spiro atoms. The van der Waals surface area contributed by atoms with E-state index in [0.29, 0.717) is 23.4 Å². The Hall–Kier alpha value is -3.36. The molecule has 0 aliphatic rings. The number of ether oxygens (including phenoxy) is 3. The molecule has 1 amide bonds. The number of carbonyl (C=O) groups is 3. The fourth-order valence-electron chi connectivity index (χ4n) is 3.16. The molecule has 0 fully saturated rings. The van der Waals surface area contributed by atoms with Crippen LogP contribution in [0.1, 0.15) is 51.5 Å². The highest BCUT2D eigenvalue weighted by Gasteiger charge is 2.24. The zero-order valence-electron chi connectivity index (χ0n) is 18.3. The summed E-state index contributed by atoms with van der Waals surface area (Å²) >= 11 is 0. The molecule has 1 heterocycles. The number of H-pyrrole nitrogens is 1. The van der Waals surface area contributed by atoms with E-state index in [4.69, 9.17) is 14.2 Å². The number of esters is 2. The largest absolute Gasteiger partial charge is 0.494 e. The number of likely N-dealkylation sites (N-methyl/N-ethyl adjacent to an activating group) is 1. The summed E-state index contributed by atoms with van der Waals surface area (Å²) in [6, 6.07) is 4.44. The Morgan fingerprint density at radius 2 is 1.81 bits per heavy atom. The summed E-state index contributed by atoms with van der Waals surface area (Å²) in [4.78, 5) is 41.3. The van der Waals surface area contributed by atoms with Gasteiger partial charge in [0.25, 0.3) is 5.91 Å². The number of nitrogens with zero attached hydrogens (tertiary/aromatic N) is 1. The van der Waals surface area contributed by atoms with E-state index in [1.54, 1.807) is 33.8 Å². The molecule has 2 rings (SSSR count). The maximum Gasteiger partial charge on any atom is 0.355 e. The molecule has 0 bridgehead atoms. The summed E-state index contributed by atoms with van der Waals surface area (Å²) in [5.41, 5.74) is 1.82. The van der Waals surface area contributed by atoms with Crippen molar-refractivity contribution in [2.45, 2.75) is 34.2 Å². The normalized spacial score (nSPS) is 10.5. The molecule has 1 aromatic carbocycles. The van der Waals surface area contributed by atoms with Gasteiger partial charge in [0.1, 0.15) is 5.69 Å². The Balaban J connectivity index is 2.04. The highest BCUT2D eigenvalue weighted by molar-refractivity contribution is 5.99. The quantitative estimate of drug-likeness (QED) is 0.609. The Labute approximate surface area is 180 Å². The molecule has 0 saturated heterocycles. The van der Waals surface area contributed by atoms with Crippen molar-refractivity contribution < 1.29 is 33.0 Å². The first-order valence-corrected chi connectivity index (χ1v) is 9.86. The zero-order chi connectivity index (χ0) is 23.1. The van der Waals surface area contributed by atoms with Gasteiger partial charge in [-0.3, -0.25) is 4.79 Å². The van der Waals surface area contributed by atoms with Crippen LogP contribution in [-0.2, 0) is 20.8 Å². The van der Waals surface area contributed by atoms with Crippen molar-refractivity contribution in [3.05, 3.63) is 52.1 Å². The highest BCUT2D eigenvalue weighted by Crippen LogP contribution is 2.21. The molecule has 0 aliphatic heterocycles. The van der Waals surface area contributed by atoms with Gasteiger partial charge in [0.15, 0.2) is 18.2 Å². The number of aromatic nitrogens is 1.